The highest BCUT2D eigenvalue weighted by atomic mass is 16.5. The molecule has 0 aromatic heterocycles. The molecule has 0 saturated carbocycles. The highest BCUT2D eigenvalue weighted by Crippen LogP contribution is 2.30. The van der Waals surface area contributed by atoms with Crippen molar-refractivity contribution in [2.45, 2.75) is 26.2 Å². The summed E-state index contributed by atoms with van der Waals surface area (Å²) in [6, 6.07) is 5.10. The summed E-state index contributed by atoms with van der Waals surface area (Å²) in [4.78, 5) is 22.9. The fourth-order valence-corrected chi connectivity index (χ4v) is 2.18. The summed E-state index contributed by atoms with van der Waals surface area (Å²) in [5.74, 6) is -0.949. The lowest BCUT2D eigenvalue weighted by atomic mass is 9.72. The van der Waals surface area contributed by atoms with Crippen molar-refractivity contribution in [1.29, 1.82) is 0 Å². The van der Waals surface area contributed by atoms with Crippen LogP contribution in [0.25, 0.3) is 0 Å². The van der Waals surface area contributed by atoms with Gasteiger partial charge in [-0.3, -0.25) is 4.79 Å². The van der Waals surface area contributed by atoms with Crippen molar-refractivity contribution in [2.24, 2.45) is 0 Å². The molecular formula is C13H16BNO5. The summed E-state index contributed by atoms with van der Waals surface area (Å²) in [6.07, 6.45) is 0.392. The number of benzene rings is 1. The zero-order chi connectivity index (χ0) is 14.7. The molecule has 2 rings (SSSR count). The van der Waals surface area contributed by atoms with Gasteiger partial charge in [0.1, 0.15) is 11.3 Å². The summed E-state index contributed by atoms with van der Waals surface area (Å²) >= 11 is 0. The molecule has 0 unspecified atom stereocenters. The first-order chi connectivity index (χ1) is 9.52. The van der Waals surface area contributed by atoms with Crippen molar-refractivity contribution in [2.75, 3.05) is 6.61 Å². The van der Waals surface area contributed by atoms with E-state index < -0.39 is 19.0 Å². The Hall–Kier alpha value is -2.02. The normalized spacial score (nSPS) is 16.9. The van der Waals surface area contributed by atoms with Crippen molar-refractivity contribution in [1.82, 2.24) is 5.32 Å². The number of nitrogens with one attached hydrogen (secondary N) is 1. The first-order valence-corrected chi connectivity index (χ1v) is 6.43. The summed E-state index contributed by atoms with van der Waals surface area (Å²) < 4.78 is 10.3. The minimum absolute atomic E-state index is 0.248. The topological polar surface area (TPSA) is 84.9 Å². The van der Waals surface area contributed by atoms with Crippen LogP contribution in [0.1, 0.15) is 29.8 Å². The molecule has 0 fully saturated rings. The molecule has 1 aromatic rings. The number of carbonyl (C=O) groups excluding carboxylic acids is 2. The van der Waals surface area contributed by atoms with Crippen LogP contribution in [0.4, 0.5) is 0 Å². The third-order valence-corrected chi connectivity index (χ3v) is 3.00. The van der Waals surface area contributed by atoms with Gasteiger partial charge in [0.05, 0.1) is 12.5 Å². The predicted octanol–water partition coefficient (Wildman–Crippen LogP) is 0.323. The van der Waals surface area contributed by atoms with Crippen LogP contribution >= 0.6 is 0 Å². The van der Waals surface area contributed by atoms with Crippen molar-refractivity contribution in [3.63, 3.8) is 0 Å². The van der Waals surface area contributed by atoms with Gasteiger partial charge in [0.25, 0.3) is 0 Å². The van der Waals surface area contributed by atoms with Gasteiger partial charge in [-0.05, 0) is 25.0 Å². The Kier molecular flexibility index (Phi) is 4.29. The summed E-state index contributed by atoms with van der Waals surface area (Å²) in [5, 5.41) is 12.5. The van der Waals surface area contributed by atoms with Crippen LogP contribution < -0.4 is 9.97 Å². The molecule has 1 aromatic carbocycles. The van der Waals surface area contributed by atoms with Gasteiger partial charge >= 0.3 is 13.1 Å². The van der Waals surface area contributed by atoms with Crippen LogP contribution in [-0.4, -0.2) is 36.6 Å². The minimum Gasteiger partial charge on any atom is -0.534 e. The monoisotopic (exact) mass is 277 g/mol. The molecule has 0 aliphatic carbocycles. The lowest BCUT2D eigenvalue weighted by molar-refractivity contribution is -0.119. The Balaban J connectivity index is 2.28. The molecule has 1 atom stereocenters. The maximum atomic E-state index is 11.8. The van der Waals surface area contributed by atoms with Gasteiger partial charge in [0.2, 0.25) is 5.91 Å². The predicted molar refractivity (Wildman–Crippen MR) is 72.3 cm³/mol. The first-order valence-electron chi connectivity index (χ1n) is 6.43. The van der Waals surface area contributed by atoms with E-state index >= 15 is 0 Å². The number of amides is 1. The Morgan fingerprint density at radius 1 is 1.55 bits per heavy atom. The van der Waals surface area contributed by atoms with Crippen LogP contribution in [0, 0.1) is 0 Å². The smallest absolute Gasteiger partial charge is 0.534 e. The van der Waals surface area contributed by atoms with E-state index in [0.29, 0.717) is 12.2 Å². The molecule has 20 heavy (non-hydrogen) atoms. The van der Waals surface area contributed by atoms with E-state index in [1.807, 2.05) is 0 Å². The van der Waals surface area contributed by atoms with Crippen LogP contribution in [0.2, 0.25) is 0 Å². The molecule has 0 spiro atoms. The fourth-order valence-electron chi connectivity index (χ4n) is 2.18. The average Bonchev–Trinajstić information content (AvgIpc) is 2.38. The molecule has 1 aliphatic heterocycles. The van der Waals surface area contributed by atoms with Crippen molar-refractivity contribution >= 4 is 19.0 Å². The fraction of sp³-hybridized carbons (Fsp3) is 0.385. The number of carbonyl (C=O) groups is 2. The van der Waals surface area contributed by atoms with Gasteiger partial charge in [-0.15, -0.1) is 0 Å². The molecule has 0 bridgehead atoms. The van der Waals surface area contributed by atoms with Gasteiger partial charge in [0, 0.05) is 6.92 Å². The van der Waals surface area contributed by atoms with Gasteiger partial charge in [-0.25, -0.2) is 4.79 Å². The van der Waals surface area contributed by atoms with Crippen LogP contribution in [0.3, 0.4) is 0 Å². The molecule has 1 aliphatic rings. The zero-order valence-electron chi connectivity index (χ0n) is 11.4. The van der Waals surface area contributed by atoms with E-state index in [1.165, 1.54) is 6.92 Å². The summed E-state index contributed by atoms with van der Waals surface area (Å²) in [7, 11) is -1.19. The zero-order valence-corrected chi connectivity index (χ0v) is 11.4. The number of para-hydroxylation sites is 1. The Morgan fingerprint density at radius 3 is 2.95 bits per heavy atom. The van der Waals surface area contributed by atoms with E-state index in [1.54, 1.807) is 25.1 Å². The van der Waals surface area contributed by atoms with E-state index in [4.69, 9.17) is 9.39 Å². The molecule has 6 nitrogen and oxygen atoms in total. The number of hydrogen-bond donors (Lipinski definition) is 2. The molecule has 0 radical (unpaired) electrons. The third-order valence-electron chi connectivity index (χ3n) is 3.00. The second-order valence-corrected chi connectivity index (χ2v) is 4.53. The Labute approximate surface area is 117 Å². The third kappa shape index (κ3) is 2.93. The second kappa shape index (κ2) is 5.96. The van der Waals surface area contributed by atoms with Gasteiger partial charge in [0.15, 0.2) is 0 Å². The largest absolute Gasteiger partial charge is 0.547 e. The molecule has 106 valence electrons. The van der Waals surface area contributed by atoms with Crippen molar-refractivity contribution in [3.05, 3.63) is 29.3 Å². The molecule has 2 N–H and O–H groups in total. The maximum absolute atomic E-state index is 11.8. The standard InChI is InChI=1S/C13H16BNO5/c1-3-19-13(17)10-6-4-5-9-7-11(15-8(2)16)14(18)20-12(9)10/h4-6,11,18H,3,7H2,1-2H3,(H,15,16)/t11-/m0/s1. The minimum atomic E-state index is -1.19. The second-order valence-electron chi connectivity index (χ2n) is 4.53. The number of esters is 1. The number of hydrogen-bond acceptors (Lipinski definition) is 5. The molecule has 1 amide bonds. The van der Waals surface area contributed by atoms with Crippen molar-refractivity contribution in [3.8, 4) is 5.75 Å². The van der Waals surface area contributed by atoms with E-state index in [-0.39, 0.29) is 18.1 Å². The highest BCUT2D eigenvalue weighted by Gasteiger charge is 2.37. The quantitative estimate of drug-likeness (QED) is 0.614. The SMILES string of the molecule is CCOC(=O)c1cccc2c1OB(O)[C@@H](NC(C)=O)C2. The number of ether oxygens (including phenoxy) is 1. The average molecular weight is 277 g/mol. The number of fused-ring (bicyclic) bond motifs is 1. The lowest BCUT2D eigenvalue weighted by Crippen LogP contribution is -2.52. The highest BCUT2D eigenvalue weighted by molar-refractivity contribution is 6.47. The Morgan fingerprint density at radius 2 is 2.30 bits per heavy atom. The van der Waals surface area contributed by atoms with Crippen LogP contribution in [0.15, 0.2) is 18.2 Å². The summed E-state index contributed by atoms with van der Waals surface area (Å²) in [6.45, 7) is 3.35. The Bertz CT molecular complexity index is 533. The van der Waals surface area contributed by atoms with E-state index in [2.05, 4.69) is 5.32 Å². The number of rotatable bonds is 3. The lowest BCUT2D eigenvalue weighted by Gasteiger charge is -2.28. The van der Waals surface area contributed by atoms with E-state index in [0.717, 1.165) is 5.56 Å². The molecule has 0 saturated heterocycles. The van der Waals surface area contributed by atoms with Gasteiger partial charge in [-0.2, -0.15) is 0 Å². The van der Waals surface area contributed by atoms with Crippen molar-refractivity contribution < 1.29 is 24.0 Å². The first kappa shape index (κ1) is 14.4. The van der Waals surface area contributed by atoms with Gasteiger partial charge in [-0.1, -0.05) is 12.1 Å². The van der Waals surface area contributed by atoms with Crippen LogP contribution in [-0.2, 0) is 16.0 Å². The molecular weight excluding hydrogens is 261 g/mol. The van der Waals surface area contributed by atoms with Gasteiger partial charge < -0.3 is 19.7 Å². The van der Waals surface area contributed by atoms with E-state index in [9.17, 15) is 14.6 Å². The van der Waals surface area contributed by atoms with Crippen LogP contribution in [0.5, 0.6) is 5.75 Å². The maximum Gasteiger partial charge on any atom is 0.547 e. The summed E-state index contributed by atoms with van der Waals surface area (Å²) in [5.41, 5.74) is 1.03. The molecule has 1 heterocycles. The molecule has 7 heteroatoms.